The third kappa shape index (κ3) is 4.85. The van der Waals surface area contributed by atoms with E-state index in [0.717, 1.165) is 22.6 Å². The lowest BCUT2D eigenvalue weighted by molar-refractivity contribution is -0.384. The first-order valence-electron chi connectivity index (χ1n) is 12.1. The van der Waals surface area contributed by atoms with Gasteiger partial charge in [0.05, 0.1) is 16.7 Å². The number of nitro groups is 1. The molecule has 2 N–H and O–H groups in total. The number of thiocarbonyl (C=S) groups is 1. The van der Waals surface area contributed by atoms with Crippen LogP contribution in [0.15, 0.2) is 83.4 Å². The summed E-state index contributed by atoms with van der Waals surface area (Å²) in [6.45, 7) is 3.74. The van der Waals surface area contributed by atoms with E-state index in [1.54, 1.807) is 31.3 Å². The number of aryl methyl sites for hydroxylation is 1. The molecule has 0 radical (unpaired) electrons. The summed E-state index contributed by atoms with van der Waals surface area (Å²) in [5.74, 6) is 1.07. The molecule has 1 aliphatic heterocycles. The molecular weight excluding hydrogens is 502 g/mol. The fourth-order valence-corrected chi connectivity index (χ4v) is 4.88. The van der Waals surface area contributed by atoms with Crippen LogP contribution >= 0.6 is 12.2 Å². The molecule has 0 bridgehead atoms. The third-order valence-electron chi connectivity index (χ3n) is 6.44. The number of pyridine rings is 1. The minimum atomic E-state index is -0.430. The molecule has 0 unspecified atom stereocenters. The van der Waals surface area contributed by atoms with Crippen LogP contribution in [0, 0.1) is 17.0 Å². The van der Waals surface area contributed by atoms with Crippen molar-refractivity contribution in [3.05, 3.63) is 106 Å². The summed E-state index contributed by atoms with van der Waals surface area (Å²) >= 11 is 5.79. The van der Waals surface area contributed by atoms with Gasteiger partial charge in [-0.25, -0.2) is 0 Å². The highest BCUT2D eigenvalue weighted by atomic mass is 32.1. The van der Waals surface area contributed by atoms with Crippen molar-refractivity contribution in [3.63, 3.8) is 0 Å². The van der Waals surface area contributed by atoms with Crippen molar-refractivity contribution in [1.82, 2.24) is 10.3 Å². The number of rotatable bonds is 7. The molecule has 4 aromatic rings. The second kappa shape index (κ2) is 10.4. The Labute approximate surface area is 224 Å². The number of amides is 1. The van der Waals surface area contributed by atoms with Gasteiger partial charge >= 0.3 is 0 Å². The molecule has 2 atom stereocenters. The van der Waals surface area contributed by atoms with Crippen molar-refractivity contribution in [2.75, 3.05) is 10.2 Å². The van der Waals surface area contributed by atoms with Gasteiger partial charge in [-0.2, -0.15) is 0 Å². The highest BCUT2D eigenvalue weighted by molar-refractivity contribution is 7.80. The first-order chi connectivity index (χ1) is 18.4. The van der Waals surface area contributed by atoms with E-state index in [0.29, 0.717) is 28.6 Å². The highest BCUT2D eigenvalue weighted by Crippen LogP contribution is 2.43. The van der Waals surface area contributed by atoms with E-state index in [2.05, 4.69) is 15.6 Å². The Morgan fingerprint density at radius 2 is 2.00 bits per heavy atom. The molecule has 0 saturated carbocycles. The molecule has 192 valence electrons. The largest absolute Gasteiger partial charge is 0.459 e. The lowest BCUT2D eigenvalue weighted by Gasteiger charge is -2.26. The first kappa shape index (κ1) is 25.1. The maximum absolute atomic E-state index is 11.9. The quantitative estimate of drug-likeness (QED) is 0.169. The van der Waals surface area contributed by atoms with Crippen LogP contribution in [0.4, 0.5) is 17.1 Å². The van der Waals surface area contributed by atoms with Gasteiger partial charge in [-0.05, 0) is 67.2 Å². The van der Waals surface area contributed by atoms with E-state index in [9.17, 15) is 14.9 Å². The number of carbonyl (C=O) groups excluding carboxylic acids is 1. The number of nitrogens with one attached hydrogen (secondary N) is 2. The number of furan rings is 1. The summed E-state index contributed by atoms with van der Waals surface area (Å²) in [4.78, 5) is 29.3. The number of aromatic nitrogens is 1. The first-order valence-corrected chi connectivity index (χ1v) is 12.5. The second-order valence-electron chi connectivity index (χ2n) is 8.91. The Hall–Kier alpha value is -4.57. The smallest absolute Gasteiger partial charge is 0.270 e. The van der Waals surface area contributed by atoms with Gasteiger partial charge in [0.25, 0.3) is 5.69 Å². The molecule has 1 aliphatic rings. The van der Waals surface area contributed by atoms with Crippen molar-refractivity contribution in [1.29, 1.82) is 0 Å². The summed E-state index contributed by atoms with van der Waals surface area (Å²) in [5, 5.41) is 18.1. The maximum Gasteiger partial charge on any atom is 0.270 e. The predicted octanol–water partition coefficient (Wildman–Crippen LogP) is 6.08. The number of nitro benzene ring substituents is 1. The van der Waals surface area contributed by atoms with E-state index in [-0.39, 0.29) is 23.7 Å². The van der Waals surface area contributed by atoms with Gasteiger partial charge in [0, 0.05) is 41.7 Å². The van der Waals surface area contributed by atoms with Crippen molar-refractivity contribution >= 4 is 40.3 Å². The van der Waals surface area contributed by atoms with Crippen LogP contribution in [0.3, 0.4) is 0 Å². The van der Waals surface area contributed by atoms with E-state index in [1.165, 1.54) is 12.1 Å². The highest BCUT2D eigenvalue weighted by Gasteiger charge is 2.42. The molecular formula is C28H25N5O4S. The number of anilines is 2. The SMILES string of the molecule is CCC(=O)Nc1ccc(N2C(=S)N[C@H](c3ccccn3)[C@@H]2c2ccc(-c3cccc([N+](=O)[O-])c3)o2)cc1C. The molecule has 5 rings (SSSR count). The van der Waals surface area contributed by atoms with Gasteiger partial charge in [0.1, 0.15) is 17.6 Å². The van der Waals surface area contributed by atoms with Gasteiger partial charge < -0.3 is 20.0 Å². The van der Waals surface area contributed by atoms with Crippen molar-refractivity contribution in [2.24, 2.45) is 0 Å². The summed E-state index contributed by atoms with van der Waals surface area (Å²) in [5.41, 5.74) is 3.84. The Bertz CT molecular complexity index is 1520. The fraction of sp³-hybridized carbons (Fsp3) is 0.179. The van der Waals surface area contributed by atoms with Gasteiger partial charge in [0.2, 0.25) is 5.91 Å². The maximum atomic E-state index is 11.9. The molecule has 3 heterocycles. The Morgan fingerprint density at radius 3 is 2.71 bits per heavy atom. The summed E-state index contributed by atoms with van der Waals surface area (Å²) in [6, 6.07) is 20.7. The van der Waals surface area contributed by atoms with Gasteiger partial charge in [-0.3, -0.25) is 19.9 Å². The van der Waals surface area contributed by atoms with E-state index in [4.69, 9.17) is 16.6 Å². The molecule has 1 saturated heterocycles. The molecule has 1 amide bonds. The van der Waals surface area contributed by atoms with Crippen molar-refractivity contribution in [3.8, 4) is 11.3 Å². The molecule has 2 aromatic heterocycles. The summed E-state index contributed by atoms with van der Waals surface area (Å²) < 4.78 is 6.31. The molecule has 0 aliphatic carbocycles. The summed E-state index contributed by atoms with van der Waals surface area (Å²) in [6.07, 6.45) is 2.12. The fourth-order valence-electron chi connectivity index (χ4n) is 4.54. The standard InChI is InChI=1S/C28H25N5O4S/c1-3-25(34)30-21-11-10-19(15-17(21)2)32-27(26(31-28(32)38)22-9-4-5-14-29-22)24-13-12-23(37-24)18-7-6-8-20(16-18)33(35)36/h4-16,26-27H,3H2,1-2H3,(H,30,34)(H,31,38)/t26-,27+/m1/s1. The number of non-ortho nitro benzene ring substituents is 1. The molecule has 9 nitrogen and oxygen atoms in total. The molecule has 0 spiro atoms. The molecule has 10 heteroatoms. The van der Waals surface area contributed by atoms with Gasteiger partial charge in [0.15, 0.2) is 5.11 Å². The topological polar surface area (TPSA) is 114 Å². The van der Waals surface area contributed by atoms with Crippen LogP contribution in [0.5, 0.6) is 0 Å². The van der Waals surface area contributed by atoms with Gasteiger partial charge in [-0.1, -0.05) is 25.1 Å². The average Bonchev–Trinajstić information content (AvgIpc) is 3.55. The van der Waals surface area contributed by atoms with Crippen LogP contribution < -0.4 is 15.5 Å². The Balaban J connectivity index is 1.56. The van der Waals surface area contributed by atoms with E-state index < -0.39 is 4.92 Å². The Kier molecular flexibility index (Phi) is 6.89. The lowest BCUT2D eigenvalue weighted by Crippen LogP contribution is -2.29. The number of hydrogen-bond donors (Lipinski definition) is 2. The van der Waals surface area contributed by atoms with Crippen molar-refractivity contribution < 1.29 is 14.1 Å². The number of benzene rings is 2. The monoisotopic (exact) mass is 527 g/mol. The second-order valence-corrected chi connectivity index (χ2v) is 9.29. The normalized spacial score (nSPS) is 16.8. The van der Waals surface area contributed by atoms with E-state index >= 15 is 0 Å². The van der Waals surface area contributed by atoms with Crippen LogP contribution in [0.1, 0.15) is 42.4 Å². The number of carbonyl (C=O) groups is 1. The van der Waals surface area contributed by atoms with Crippen LogP contribution in [-0.4, -0.2) is 20.9 Å². The zero-order valence-corrected chi connectivity index (χ0v) is 21.6. The average molecular weight is 528 g/mol. The lowest BCUT2D eigenvalue weighted by atomic mass is 10.0. The number of nitrogens with zero attached hydrogens (tertiary/aromatic N) is 3. The molecule has 38 heavy (non-hydrogen) atoms. The zero-order chi connectivity index (χ0) is 26.8. The van der Waals surface area contributed by atoms with Crippen molar-refractivity contribution in [2.45, 2.75) is 32.4 Å². The summed E-state index contributed by atoms with van der Waals surface area (Å²) in [7, 11) is 0. The molecule has 1 fully saturated rings. The third-order valence-corrected chi connectivity index (χ3v) is 6.76. The van der Waals surface area contributed by atoms with Crippen LogP contribution in [0.25, 0.3) is 11.3 Å². The van der Waals surface area contributed by atoms with E-state index in [1.807, 2.05) is 54.3 Å². The zero-order valence-electron chi connectivity index (χ0n) is 20.8. The van der Waals surface area contributed by atoms with Gasteiger partial charge in [-0.15, -0.1) is 0 Å². The number of hydrogen-bond acceptors (Lipinski definition) is 6. The minimum absolute atomic E-state index is 0.0112. The van der Waals surface area contributed by atoms with Crippen LogP contribution in [-0.2, 0) is 4.79 Å². The predicted molar refractivity (Wildman–Crippen MR) is 149 cm³/mol. The Morgan fingerprint density at radius 1 is 1.16 bits per heavy atom. The minimum Gasteiger partial charge on any atom is -0.459 e. The molecule has 2 aromatic carbocycles. The van der Waals surface area contributed by atoms with Crippen LogP contribution in [0.2, 0.25) is 0 Å².